The van der Waals surface area contributed by atoms with Crippen LogP contribution < -0.4 is 5.32 Å². The molecule has 1 heterocycles. The smallest absolute Gasteiger partial charge is 0.418 e. The molecule has 0 radical (unpaired) electrons. The van der Waals surface area contributed by atoms with Crippen molar-refractivity contribution >= 4 is 5.69 Å². The average Bonchev–Trinajstić information content (AvgIpc) is 3.04. The molecule has 0 aliphatic carbocycles. The number of para-hydroxylation sites is 1. The van der Waals surface area contributed by atoms with Crippen molar-refractivity contribution in [2.45, 2.75) is 12.6 Å². The molecular formula is C17H14F3N3O. The predicted octanol–water partition coefficient (Wildman–Crippen LogP) is 4.41. The van der Waals surface area contributed by atoms with Gasteiger partial charge in [-0.1, -0.05) is 30.3 Å². The second-order valence-corrected chi connectivity index (χ2v) is 5.09. The summed E-state index contributed by atoms with van der Waals surface area (Å²) in [6.07, 6.45) is -4.07. The number of rotatable bonds is 5. The second kappa shape index (κ2) is 6.74. The van der Waals surface area contributed by atoms with Crippen LogP contribution >= 0.6 is 0 Å². The fourth-order valence-corrected chi connectivity index (χ4v) is 2.24. The highest BCUT2D eigenvalue weighted by Crippen LogP contribution is 2.34. The van der Waals surface area contributed by atoms with Gasteiger partial charge in [0.05, 0.1) is 5.56 Å². The van der Waals surface area contributed by atoms with Crippen LogP contribution in [0, 0.1) is 0 Å². The van der Waals surface area contributed by atoms with Gasteiger partial charge >= 0.3 is 6.18 Å². The summed E-state index contributed by atoms with van der Waals surface area (Å²) in [5.74, 6) is 0.757. The molecule has 0 unspecified atom stereocenters. The van der Waals surface area contributed by atoms with Crippen molar-refractivity contribution in [1.29, 1.82) is 0 Å². The Morgan fingerprint density at radius 2 is 1.62 bits per heavy atom. The minimum atomic E-state index is -4.39. The summed E-state index contributed by atoms with van der Waals surface area (Å²) in [6, 6.07) is 14.6. The molecule has 0 aliphatic heterocycles. The molecule has 24 heavy (non-hydrogen) atoms. The van der Waals surface area contributed by atoms with E-state index in [2.05, 4.69) is 15.5 Å². The Balaban J connectivity index is 1.63. The van der Waals surface area contributed by atoms with Crippen molar-refractivity contribution in [3.63, 3.8) is 0 Å². The molecule has 1 aromatic heterocycles. The van der Waals surface area contributed by atoms with Crippen molar-refractivity contribution < 1.29 is 17.6 Å². The van der Waals surface area contributed by atoms with E-state index in [-0.39, 0.29) is 12.2 Å². The van der Waals surface area contributed by atoms with Crippen LogP contribution in [0.4, 0.5) is 18.9 Å². The van der Waals surface area contributed by atoms with Crippen LogP contribution in [0.1, 0.15) is 11.5 Å². The summed E-state index contributed by atoms with van der Waals surface area (Å²) in [5.41, 5.74) is 0.139. The molecule has 1 N–H and O–H groups in total. The highest BCUT2D eigenvalue weighted by Gasteiger charge is 2.33. The van der Waals surface area contributed by atoms with Crippen LogP contribution in [0.3, 0.4) is 0 Å². The number of nitrogens with zero attached hydrogens (tertiary/aromatic N) is 2. The fraction of sp³-hybridized carbons (Fsp3) is 0.176. The van der Waals surface area contributed by atoms with E-state index < -0.39 is 11.7 Å². The minimum absolute atomic E-state index is 0.0350. The molecule has 4 nitrogen and oxygen atoms in total. The first-order valence-electron chi connectivity index (χ1n) is 7.32. The number of hydrogen-bond donors (Lipinski definition) is 1. The standard InChI is InChI=1S/C17H14F3N3O/c18-17(19,20)13-8-4-5-9-14(13)21-11-10-15-22-23-16(24-15)12-6-2-1-3-7-12/h1-9,21H,10-11H2. The highest BCUT2D eigenvalue weighted by molar-refractivity contribution is 5.53. The van der Waals surface area contributed by atoms with E-state index in [1.54, 1.807) is 6.07 Å². The summed E-state index contributed by atoms with van der Waals surface area (Å²) in [5, 5.41) is 10.6. The summed E-state index contributed by atoms with van der Waals surface area (Å²) >= 11 is 0. The Kier molecular flexibility index (Phi) is 4.50. The van der Waals surface area contributed by atoms with Crippen molar-refractivity contribution in [2.24, 2.45) is 0 Å². The molecule has 0 aliphatic rings. The van der Waals surface area contributed by atoms with Gasteiger partial charge in [0.25, 0.3) is 0 Å². The molecule has 0 atom stereocenters. The van der Waals surface area contributed by atoms with Crippen LogP contribution in [-0.4, -0.2) is 16.7 Å². The number of halogens is 3. The van der Waals surface area contributed by atoms with E-state index >= 15 is 0 Å². The van der Waals surface area contributed by atoms with Gasteiger partial charge in [0.2, 0.25) is 11.8 Å². The first-order valence-corrected chi connectivity index (χ1v) is 7.32. The largest absolute Gasteiger partial charge is 0.421 e. The normalized spacial score (nSPS) is 11.5. The maximum absolute atomic E-state index is 12.9. The Bertz CT molecular complexity index is 800. The molecule has 7 heteroatoms. The number of anilines is 1. The highest BCUT2D eigenvalue weighted by atomic mass is 19.4. The van der Waals surface area contributed by atoms with E-state index in [9.17, 15) is 13.2 Å². The Labute approximate surface area is 136 Å². The predicted molar refractivity (Wildman–Crippen MR) is 83.4 cm³/mol. The van der Waals surface area contributed by atoms with Crippen LogP contribution in [0.25, 0.3) is 11.5 Å². The van der Waals surface area contributed by atoms with Gasteiger partial charge in [-0.15, -0.1) is 10.2 Å². The van der Waals surface area contributed by atoms with Crippen LogP contribution in [0.5, 0.6) is 0 Å². The summed E-state index contributed by atoms with van der Waals surface area (Å²) in [6.45, 7) is 0.253. The Morgan fingerprint density at radius 3 is 2.38 bits per heavy atom. The third-order valence-corrected chi connectivity index (χ3v) is 3.37. The topological polar surface area (TPSA) is 51.0 Å². The maximum atomic E-state index is 12.9. The maximum Gasteiger partial charge on any atom is 0.418 e. The fourth-order valence-electron chi connectivity index (χ4n) is 2.24. The number of nitrogens with one attached hydrogen (secondary N) is 1. The molecular weight excluding hydrogens is 319 g/mol. The van der Waals surface area contributed by atoms with Gasteiger partial charge in [-0.25, -0.2) is 0 Å². The van der Waals surface area contributed by atoms with E-state index in [0.29, 0.717) is 18.2 Å². The third-order valence-electron chi connectivity index (χ3n) is 3.37. The molecule has 0 saturated carbocycles. The van der Waals surface area contributed by atoms with E-state index in [1.165, 1.54) is 12.1 Å². The Hall–Kier alpha value is -2.83. The van der Waals surface area contributed by atoms with E-state index in [1.807, 2.05) is 30.3 Å². The van der Waals surface area contributed by atoms with Gasteiger partial charge < -0.3 is 9.73 Å². The van der Waals surface area contributed by atoms with E-state index in [4.69, 9.17) is 4.42 Å². The van der Waals surface area contributed by atoms with Gasteiger partial charge in [-0.05, 0) is 24.3 Å². The average molecular weight is 333 g/mol. The number of aromatic nitrogens is 2. The van der Waals surface area contributed by atoms with Crippen molar-refractivity contribution in [2.75, 3.05) is 11.9 Å². The summed E-state index contributed by atoms with van der Waals surface area (Å²) in [7, 11) is 0. The van der Waals surface area contributed by atoms with Crippen molar-refractivity contribution in [1.82, 2.24) is 10.2 Å². The quantitative estimate of drug-likeness (QED) is 0.751. The monoisotopic (exact) mass is 333 g/mol. The zero-order valence-corrected chi connectivity index (χ0v) is 12.5. The van der Waals surface area contributed by atoms with Crippen LogP contribution in [0.2, 0.25) is 0 Å². The number of benzene rings is 2. The van der Waals surface area contributed by atoms with Crippen LogP contribution in [0.15, 0.2) is 59.0 Å². The SMILES string of the molecule is FC(F)(F)c1ccccc1NCCc1nnc(-c2ccccc2)o1. The molecule has 3 aromatic rings. The first-order chi connectivity index (χ1) is 11.5. The number of hydrogen-bond acceptors (Lipinski definition) is 4. The first kappa shape index (κ1) is 16.0. The zero-order chi connectivity index (χ0) is 17.0. The molecule has 0 spiro atoms. The lowest BCUT2D eigenvalue weighted by Gasteiger charge is -2.13. The summed E-state index contributed by atoms with van der Waals surface area (Å²) < 4.78 is 44.2. The third kappa shape index (κ3) is 3.73. The van der Waals surface area contributed by atoms with E-state index in [0.717, 1.165) is 11.6 Å². The number of alkyl halides is 3. The van der Waals surface area contributed by atoms with Gasteiger partial charge in [0.15, 0.2) is 0 Å². The lowest BCUT2D eigenvalue weighted by atomic mass is 10.1. The molecule has 0 fully saturated rings. The molecule has 0 amide bonds. The van der Waals surface area contributed by atoms with Gasteiger partial charge in [-0.3, -0.25) is 0 Å². The van der Waals surface area contributed by atoms with Gasteiger partial charge in [-0.2, -0.15) is 13.2 Å². The lowest BCUT2D eigenvalue weighted by molar-refractivity contribution is -0.136. The molecule has 0 saturated heterocycles. The van der Waals surface area contributed by atoms with Crippen molar-refractivity contribution in [3.8, 4) is 11.5 Å². The Morgan fingerprint density at radius 1 is 0.917 bits per heavy atom. The minimum Gasteiger partial charge on any atom is -0.421 e. The van der Waals surface area contributed by atoms with Gasteiger partial charge in [0, 0.05) is 24.2 Å². The molecule has 0 bridgehead atoms. The molecule has 124 valence electrons. The second-order valence-electron chi connectivity index (χ2n) is 5.09. The van der Waals surface area contributed by atoms with Crippen LogP contribution in [-0.2, 0) is 12.6 Å². The summed E-state index contributed by atoms with van der Waals surface area (Å²) in [4.78, 5) is 0. The van der Waals surface area contributed by atoms with Crippen molar-refractivity contribution in [3.05, 3.63) is 66.1 Å². The molecule has 3 rings (SSSR count). The zero-order valence-electron chi connectivity index (χ0n) is 12.5. The lowest BCUT2D eigenvalue weighted by Crippen LogP contribution is -2.12. The molecule has 2 aromatic carbocycles. The van der Waals surface area contributed by atoms with Gasteiger partial charge in [0.1, 0.15) is 0 Å².